The number of aliphatic carboxylic acids is 2. The number of rotatable bonds is 8. The van der Waals surface area contributed by atoms with E-state index in [4.69, 9.17) is 18.9 Å². The Morgan fingerprint density at radius 2 is 1.81 bits per heavy atom. The Morgan fingerprint density at radius 1 is 1.12 bits per heavy atom. The summed E-state index contributed by atoms with van der Waals surface area (Å²) in [6.45, 7) is 2.44. The zero-order chi connectivity index (χ0) is 22.9. The van der Waals surface area contributed by atoms with Gasteiger partial charge in [-0.3, -0.25) is 0 Å². The van der Waals surface area contributed by atoms with Gasteiger partial charge in [0.25, 0.3) is 0 Å². The summed E-state index contributed by atoms with van der Waals surface area (Å²) < 4.78 is 21.2. The van der Waals surface area contributed by atoms with Gasteiger partial charge < -0.3 is 34.1 Å². The molecule has 2 atom stereocenters. The van der Waals surface area contributed by atoms with E-state index in [2.05, 4.69) is 0 Å². The van der Waals surface area contributed by atoms with Crippen molar-refractivity contribution in [3.8, 4) is 17.2 Å². The zero-order valence-corrected chi connectivity index (χ0v) is 17.1. The second-order valence-corrected chi connectivity index (χ2v) is 7.55. The van der Waals surface area contributed by atoms with E-state index in [0.29, 0.717) is 24.3 Å². The molecule has 2 aliphatic rings. The van der Waals surface area contributed by atoms with Gasteiger partial charge in [-0.1, -0.05) is 24.3 Å². The minimum absolute atomic E-state index is 0.0117. The molecule has 0 spiro atoms. The maximum Gasteiger partial charge on any atom is 0.453 e. The number of cyclic esters (lactones) is 1. The predicted molar refractivity (Wildman–Crippen MR) is 108 cm³/mol. The molecule has 2 aromatic carbocycles. The molecule has 0 aliphatic carbocycles. The number of carbonyl (C=O) groups excluding carboxylic acids is 1. The molecule has 168 valence electrons. The highest BCUT2D eigenvalue weighted by molar-refractivity contribution is 6.01. The Balaban J connectivity index is 1.38. The quantitative estimate of drug-likeness (QED) is 0.589. The SMILES string of the molecule is C[C@H](Cc1ccc2c(c1)OC(C(=O)O)(C(=O)O)O2)N1C[C@@H](COc2ccccc2)OC1=O. The summed E-state index contributed by atoms with van der Waals surface area (Å²) in [5.41, 5.74) is 0.711. The molecule has 1 amide bonds. The first-order valence-corrected chi connectivity index (χ1v) is 9.91. The summed E-state index contributed by atoms with van der Waals surface area (Å²) in [6, 6.07) is 13.6. The van der Waals surface area contributed by atoms with E-state index >= 15 is 0 Å². The topological polar surface area (TPSA) is 132 Å². The third-order valence-corrected chi connectivity index (χ3v) is 5.22. The van der Waals surface area contributed by atoms with Crippen molar-refractivity contribution in [3.05, 3.63) is 54.1 Å². The van der Waals surface area contributed by atoms with Crippen LogP contribution in [0.3, 0.4) is 0 Å². The summed E-state index contributed by atoms with van der Waals surface area (Å²) in [5, 5.41) is 18.5. The summed E-state index contributed by atoms with van der Waals surface area (Å²) in [6.07, 6.45) is -0.449. The van der Waals surface area contributed by atoms with Crippen molar-refractivity contribution in [1.82, 2.24) is 4.90 Å². The number of hydrogen-bond acceptors (Lipinski definition) is 7. The van der Waals surface area contributed by atoms with Crippen LogP contribution >= 0.6 is 0 Å². The molecule has 1 saturated heterocycles. The van der Waals surface area contributed by atoms with Crippen LogP contribution in [0, 0.1) is 0 Å². The Labute approximate surface area is 182 Å². The molecule has 10 heteroatoms. The maximum absolute atomic E-state index is 12.3. The minimum atomic E-state index is -2.81. The molecule has 0 bridgehead atoms. The highest BCUT2D eigenvalue weighted by Crippen LogP contribution is 2.40. The highest BCUT2D eigenvalue weighted by Gasteiger charge is 2.57. The van der Waals surface area contributed by atoms with E-state index in [0.717, 1.165) is 0 Å². The van der Waals surface area contributed by atoms with Crippen LogP contribution in [0.25, 0.3) is 0 Å². The number of benzene rings is 2. The highest BCUT2D eigenvalue weighted by atomic mass is 16.8. The number of amides is 1. The maximum atomic E-state index is 12.3. The van der Waals surface area contributed by atoms with Crippen LogP contribution in [0.5, 0.6) is 17.2 Å². The molecular formula is C22H21NO9. The average molecular weight is 443 g/mol. The third kappa shape index (κ3) is 3.98. The fourth-order valence-corrected chi connectivity index (χ4v) is 3.59. The number of carboxylic acids is 2. The molecule has 32 heavy (non-hydrogen) atoms. The van der Waals surface area contributed by atoms with E-state index in [1.807, 2.05) is 37.3 Å². The minimum Gasteiger partial charge on any atom is -0.490 e. The van der Waals surface area contributed by atoms with E-state index in [9.17, 15) is 24.6 Å². The Hall–Kier alpha value is -3.95. The Morgan fingerprint density at radius 3 is 2.50 bits per heavy atom. The first-order valence-electron chi connectivity index (χ1n) is 9.91. The molecule has 2 heterocycles. The van der Waals surface area contributed by atoms with E-state index in [-0.39, 0.29) is 24.1 Å². The van der Waals surface area contributed by atoms with Crippen molar-refractivity contribution in [2.75, 3.05) is 13.2 Å². The zero-order valence-electron chi connectivity index (χ0n) is 17.1. The molecule has 0 aromatic heterocycles. The normalized spacial score (nSPS) is 19.3. The van der Waals surface area contributed by atoms with E-state index < -0.39 is 29.9 Å². The second kappa shape index (κ2) is 8.29. The van der Waals surface area contributed by atoms with Gasteiger partial charge in [0.05, 0.1) is 6.54 Å². The number of carboxylic acid groups (broad SMARTS) is 2. The van der Waals surface area contributed by atoms with Gasteiger partial charge in [0.15, 0.2) is 17.6 Å². The molecule has 2 aromatic rings. The lowest BCUT2D eigenvalue weighted by molar-refractivity contribution is -0.194. The molecule has 2 aliphatic heterocycles. The Bertz CT molecular complexity index is 1020. The van der Waals surface area contributed by atoms with Crippen LogP contribution in [0.1, 0.15) is 12.5 Å². The average Bonchev–Trinajstić information content (AvgIpc) is 3.34. The first kappa shape index (κ1) is 21.3. The van der Waals surface area contributed by atoms with Crippen molar-refractivity contribution >= 4 is 18.0 Å². The monoisotopic (exact) mass is 443 g/mol. The smallest absolute Gasteiger partial charge is 0.453 e. The van der Waals surface area contributed by atoms with Crippen molar-refractivity contribution in [3.63, 3.8) is 0 Å². The summed E-state index contributed by atoms with van der Waals surface area (Å²) in [4.78, 5) is 36.7. The van der Waals surface area contributed by atoms with Gasteiger partial charge in [-0.05, 0) is 43.2 Å². The Kier molecular flexibility index (Phi) is 5.52. The molecular weight excluding hydrogens is 422 g/mol. The lowest BCUT2D eigenvalue weighted by Crippen LogP contribution is -2.54. The van der Waals surface area contributed by atoms with Gasteiger partial charge in [0.1, 0.15) is 12.4 Å². The molecule has 0 radical (unpaired) electrons. The van der Waals surface area contributed by atoms with Gasteiger partial charge in [-0.2, -0.15) is 0 Å². The number of carbonyl (C=O) groups is 3. The van der Waals surface area contributed by atoms with Gasteiger partial charge >= 0.3 is 23.8 Å². The standard InChI is InChI=1S/C22H21NO9/c1-13(23-11-16(30-21(23)28)12-29-15-5-3-2-4-6-15)9-14-7-8-17-18(10-14)32-22(31-17,19(24)25)20(26)27/h2-8,10,13,16H,9,11-12H2,1H3,(H,24,25)(H,26,27)/t13-,16+/m1/s1. The number of ether oxygens (including phenoxy) is 4. The molecule has 0 unspecified atom stereocenters. The van der Waals surface area contributed by atoms with Crippen LogP contribution in [-0.2, 0) is 20.7 Å². The van der Waals surface area contributed by atoms with Crippen molar-refractivity contribution in [1.29, 1.82) is 0 Å². The lowest BCUT2D eigenvalue weighted by atomic mass is 10.1. The summed E-state index contributed by atoms with van der Waals surface area (Å²) in [7, 11) is 0. The van der Waals surface area contributed by atoms with Gasteiger partial charge in [0.2, 0.25) is 0 Å². The number of nitrogens with zero attached hydrogens (tertiary/aromatic N) is 1. The largest absolute Gasteiger partial charge is 0.490 e. The van der Waals surface area contributed by atoms with Crippen LogP contribution < -0.4 is 14.2 Å². The fraction of sp³-hybridized carbons (Fsp3) is 0.318. The van der Waals surface area contributed by atoms with E-state index in [1.54, 1.807) is 11.0 Å². The number of hydrogen-bond donors (Lipinski definition) is 2. The third-order valence-electron chi connectivity index (χ3n) is 5.22. The van der Waals surface area contributed by atoms with Crippen molar-refractivity contribution in [2.24, 2.45) is 0 Å². The molecule has 2 N–H and O–H groups in total. The predicted octanol–water partition coefficient (Wildman–Crippen LogP) is 2.15. The summed E-state index contributed by atoms with van der Waals surface area (Å²) >= 11 is 0. The molecule has 4 rings (SSSR count). The van der Waals surface area contributed by atoms with Crippen LogP contribution in [0.15, 0.2) is 48.5 Å². The summed E-state index contributed by atoms with van der Waals surface area (Å²) in [5.74, 6) is -5.62. The van der Waals surface area contributed by atoms with Crippen LogP contribution in [0.2, 0.25) is 0 Å². The van der Waals surface area contributed by atoms with Crippen molar-refractivity contribution < 1.29 is 43.5 Å². The fourth-order valence-electron chi connectivity index (χ4n) is 3.59. The van der Waals surface area contributed by atoms with Gasteiger partial charge in [0, 0.05) is 6.04 Å². The number of fused-ring (bicyclic) bond motifs is 1. The first-order chi connectivity index (χ1) is 15.3. The number of para-hydroxylation sites is 1. The second-order valence-electron chi connectivity index (χ2n) is 7.55. The lowest BCUT2D eigenvalue weighted by Gasteiger charge is -2.22. The van der Waals surface area contributed by atoms with Gasteiger partial charge in [-0.25, -0.2) is 14.4 Å². The van der Waals surface area contributed by atoms with E-state index in [1.165, 1.54) is 12.1 Å². The van der Waals surface area contributed by atoms with Crippen molar-refractivity contribution in [2.45, 2.75) is 31.3 Å². The molecule has 10 nitrogen and oxygen atoms in total. The molecule has 0 saturated carbocycles. The van der Waals surface area contributed by atoms with Crippen LogP contribution in [0.4, 0.5) is 4.79 Å². The van der Waals surface area contributed by atoms with Gasteiger partial charge in [-0.15, -0.1) is 0 Å². The molecule has 1 fully saturated rings. The van der Waals surface area contributed by atoms with Crippen LogP contribution in [-0.4, -0.2) is 64.2 Å².